The zero-order valence-corrected chi connectivity index (χ0v) is 13.9. The highest BCUT2D eigenvalue weighted by Gasteiger charge is 2.16. The summed E-state index contributed by atoms with van der Waals surface area (Å²) in [6.07, 6.45) is 0. The maximum atomic E-state index is 12.3. The van der Waals surface area contributed by atoms with Crippen molar-refractivity contribution in [2.75, 3.05) is 30.8 Å². The van der Waals surface area contributed by atoms with Gasteiger partial charge >= 0.3 is 0 Å². The van der Waals surface area contributed by atoms with Crippen LogP contribution in [0.3, 0.4) is 0 Å². The second kappa shape index (κ2) is 6.46. The number of anilines is 2. The van der Waals surface area contributed by atoms with Crippen LogP contribution in [-0.4, -0.2) is 29.6 Å². The van der Waals surface area contributed by atoms with Gasteiger partial charge in [-0.15, -0.1) is 11.3 Å². The van der Waals surface area contributed by atoms with Crippen molar-refractivity contribution >= 4 is 32.7 Å². The highest BCUT2D eigenvalue weighted by molar-refractivity contribution is 7.94. The molecule has 0 amide bonds. The molecule has 0 saturated heterocycles. The van der Waals surface area contributed by atoms with Gasteiger partial charge in [0.05, 0.1) is 0 Å². The summed E-state index contributed by atoms with van der Waals surface area (Å²) in [6, 6.07) is 8.96. The Hall–Kier alpha value is -1.57. The van der Waals surface area contributed by atoms with Crippen LogP contribution in [0.15, 0.2) is 39.9 Å². The van der Waals surface area contributed by atoms with Crippen molar-refractivity contribution in [3.8, 4) is 0 Å². The molecule has 0 saturated carbocycles. The minimum Gasteiger partial charge on any atom is -0.378 e. The van der Waals surface area contributed by atoms with E-state index in [9.17, 15) is 8.42 Å². The third-order valence-electron chi connectivity index (χ3n) is 2.91. The van der Waals surface area contributed by atoms with Crippen LogP contribution in [0.2, 0.25) is 0 Å². The molecule has 0 atom stereocenters. The third-order valence-corrected chi connectivity index (χ3v) is 5.78. The molecular formula is C14H19N3O2S2. The summed E-state index contributed by atoms with van der Waals surface area (Å²) in [5.41, 5.74) is 2.54. The van der Waals surface area contributed by atoms with Crippen LogP contribution >= 0.6 is 11.3 Å². The van der Waals surface area contributed by atoms with Gasteiger partial charge in [0.25, 0.3) is 10.0 Å². The largest absolute Gasteiger partial charge is 0.378 e. The molecule has 0 fully saturated rings. The standard InChI is InChI=1S/C14H19N3O2S2/c1-15-9-11-8-14(20-10-11)21(18,19)16-12-4-6-13(7-5-12)17(2)3/h4-8,10,15-16H,9H2,1-3H3. The van der Waals surface area contributed by atoms with E-state index >= 15 is 0 Å². The van der Waals surface area contributed by atoms with Gasteiger partial charge in [-0.25, -0.2) is 8.42 Å². The monoisotopic (exact) mass is 325 g/mol. The summed E-state index contributed by atoms with van der Waals surface area (Å²) in [5.74, 6) is 0. The number of benzene rings is 1. The fraction of sp³-hybridized carbons (Fsp3) is 0.286. The van der Waals surface area contributed by atoms with E-state index in [0.717, 1.165) is 11.3 Å². The summed E-state index contributed by atoms with van der Waals surface area (Å²) >= 11 is 1.23. The Kier molecular flexibility index (Phi) is 4.87. The number of nitrogens with one attached hydrogen (secondary N) is 2. The number of rotatable bonds is 6. The molecule has 0 aliphatic heterocycles. The van der Waals surface area contributed by atoms with Gasteiger partial charge < -0.3 is 10.2 Å². The number of sulfonamides is 1. The lowest BCUT2D eigenvalue weighted by Gasteiger charge is -2.13. The lowest BCUT2D eigenvalue weighted by atomic mass is 10.3. The summed E-state index contributed by atoms with van der Waals surface area (Å²) in [4.78, 5) is 1.96. The average Bonchev–Trinajstić information content (AvgIpc) is 2.89. The third kappa shape index (κ3) is 3.96. The minimum atomic E-state index is -3.52. The van der Waals surface area contributed by atoms with Crippen molar-refractivity contribution < 1.29 is 8.42 Å². The summed E-state index contributed by atoms with van der Waals surface area (Å²) in [5, 5.41) is 4.85. The number of hydrogen-bond donors (Lipinski definition) is 2. The molecule has 7 heteroatoms. The van der Waals surface area contributed by atoms with E-state index in [-0.39, 0.29) is 0 Å². The predicted octanol–water partition coefficient (Wildman–Crippen LogP) is 2.33. The molecule has 114 valence electrons. The molecule has 5 nitrogen and oxygen atoms in total. The Labute approximate surface area is 129 Å². The molecular weight excluding hydrogens is 306 g/mol. The maximum Gasteiger partial charge on any atom is 0.271 e. The Morgan fingerprint density at radius 3 is 2.43 bits per heavy atom. The zero-order valence-electron chi connectivity index (χ0n) is 12.3. The van der Waals surface area contributed by atoms with Crippen LogP contribution in [0, 0.1) is 0 Å². The van der Waals surface area contributed by atoms with Crippen molar-refractivity contribution in [2.45, 2.75) is 10.8 Å². The number of thiophene rings is 1. The van der Waals surface area contributed by atoms with Gasteiger partial charge in [-0.1, -0.05) is 0 Å². The first-order valence-corrected chi connectivity index (χ1v) is 8.81. The van der Waals surface area contributed by atoms with Crippen molar-refractivity contribution in [1.29, 1.82) is 0 Å². The van der Waals surface area contributed by atoms with Gasteiger partial charge in [-0.2, -0.15) is 0 Å². The molecule has 1 aromatic carbocycles. The number of hydrogen-bond acceptors (Lipinski definition) is 5. The maximum absolute atomic E-state index is 12.3. The first kappa shape index (κ1) is 15.8. The lowest BCUT2D eigenvalue weighted by molar-refractivity contribution is 0.603. The van der Waals surface area contributed by atoms with Crippen molar-refractivity contribution in [3.05, 3.63) is 41.3 Å². The fourth-order valence-corrected chi connectivity index (χ4v) is 4.09. The fourth-order valence-electron chi connectivity index (χ4n) is 1.82. The van der Waals surface area contributed by atoms with Crippen LogP contribution in [0.1, 0.15) is 5.56 Å². The first-order chi connectivity index (χ1) is 9.92. The molecule has 0 bridgehead atoms. The van der Waals surface area contributed by atoms with E-state index < -0.39 is 10.0 Å². The van der Waals surface area contributed by atoms with Gasteiger partial charge in [0.15, 0.2) is 0 Å². The summed E-state index contributed by atoms with van der Waals surface area (Å²) in [6.45, 7) is 0.656. The molecule has 0 radical (unpaired) electrons. The van der Waals surface area contributed by atoms with E-state index in [4.69, 9.17) is 0 Å². The molecule has 0 unspecified atom stereocenters. The van der Waals surface area contributed by atoms with Gasteiger partial charge in [-0.3, -0.25) is 4.72 Å². The Bertz CT molecular complexity index is 691. The van der Waals surface area contributed by atoms with Gasteiger partial charge in [0.1, 0.15) is 4.21 Å². The molecule has 2 rings (SSSR count). The molecule has 0 aliphatic carbocycles. The predicted molar refractivity (Wildman–Crippen MR) is 88.7 cm³/mol. The normalized spacial score (nSPS) is 11.4. The van der Waals surface area contributed by atoms with Crippen LogP contribution in [0.4, 0.5) is 11.4 Å². The molecule has 1 heterocycles. The Morgan fingerprint density at radius 2 is 1.86 bits per heavy atom. The molecule has 2 N–H and O–H groups in total. The second-order valence-electron chi connectivity index (χ2n) is 4.85. The van der Waals surface area contributed by atoms with Gasteiger partial charge in [0.2, 0.25) is 0 Å². The average molecular weight is 325 g/mol. The molecule has 0 spiro atoms. The van der Waals surface area contributed by atoms with E-state index in [0.29, 0.717) is 16.4 Å². The van der Waals surface area contributed by atoms with Crippen molar-refractivity contribution in [3.63, 3.8) is 0 Å². The second-order valence-corrected chi connectivity index (χ2v) is 7.67. The van der Waals surface area contributed by atoms with Gasteiger partial charge in [-0.05, 0) is 48.3 Å². The van der Waals surface area contributed by atoms with Crippen molar-refractivity contribution in [2.24, 2.45) is 0 Å². The summed E-state index contributed by atoms with van der Waals surface area (Å²) < 4.78 is 27.5. The Balaban J connectivity index is 2.16. The van der Waals surface area contributed by atoms with E-state index in [2.05, 4.69) is 10.0 Å². The molecule has 1 aromatic heterocycles. The summed E-state index contributed by atoms with van der Waals surface area (Å²) in [7, 11) is 2.19. The SMILES string of the molecule is CNCc1csc(S(=O)(=O)Nc2ccc(N(C)C)cc2)c1. The van der Waals surface area contributed by atoms with Crippen LogP contribution in [0.5, 0.6) is 0 Å². The van der Waals surface area contributed by atoms with E-state index in [1.807, 2.05) is 43.6 Å². The molecule has 2 aromatic rings. The van der Waals surface area contributed by atoms with Crippen LogP contribution < -0.4 is 14.9 Å². The highest BCUT2D eigenvalue weighted by atomic mass is 32.2. The highest BCUT2D eigenvalue weighted by Crippen LogP contribution is 2.24. The first-order valence-electron chi connectivity index (χ1n) is 6.44. The zero-order chi connectivity index (χ0) is 15.5. The number of nitrogens with zero attached hydrogens (tertiary/aromatic N) is 1. The molecule has 21 heavy (non-hydrogen) atoms. The van der Waals surface area contributed by atoms with Gasteiger partial charge in [0, 0.05) is 32.0 Å². The smallest absolute Gasteiger partial charge is 0.271 e. The van der Waals surface area contributed by atoms with Crippen LogP contribution in [0.25, 0.3) is 0 Å². The minimum absolute atomic E-state index is 0.324. The Morgan fingerprint density at radius 1 is 1.19 bits per heavy atom. The topological polar surface area (TPSA) is 61.4 Å². The van der Waals surface area contributed by atoms with Crippen molar-refractivity contribution in [1.82, 2.24) is 5.32 Å². The van der Waals surface area contributed by atoms with E-state index in [1.54, 1.807) is 18.2 Å². The van der Waals surface area contributed by atoms with E-state index in [1.165, 1.54) is 11.3 Å². The van der Waals surface area contributed by atoms with Crippen LogP contribution in [-0.2, 0) is 16.6 Å². The quantitative estimate of drug-likeness (QED) is 0.856. The molecule has 0 aliphatic rings. The lowest BCUT2D eigenvalue weighted by Crippen LogP contribution is -2.12.